The first-order valence-electron chi connectivity index (χ1n) is 8.20. The third-order valence-corrected chi connectivity index (χ3v) is 4.27. The van der Waals surface area contributed by atoms with Crippen molar-refractivity contribution in [2.24, 2.45) is 10.1 Å². The lowest BCUT2D eigenvalue weighted by molar-refractivity contribution is 0.158. The monoisotopic (exact) mass is 377 g/mol. The Hall–Kier alpha value is -3.10. The van der Waals surface area contributed by atoms with Gasteiger partial charge < -0.3 is 4.90 Å². The number of hydrogen-bond donors (Lipinski definition) is 1. The van der Waals surface area contributed by atoms with Crippen LogP contribution in [0, 0.1) is 18.6 Å². The van der Waals surface area contributed by atoms with Gasteiger partial charge in [0.1, 0.15) is 23.8 Å². The fourth-order valence-electron chi connectivity index (χ4n) is 3.21. The van der Waals surface area contributed by atoms with Crippen LogP contribution in [-0.2, 0) is 0 Å². The van der Waals surface area contributed by atoms with Crippen LogP contribution in [0.3, 0.4) is 0 Å². The van der Waals surface area contributed by atoms with Gasteiger partial charge in [0.25, 0.3) is 6.43 Å². The Balaban J connectivity index is 1.88. The molecule has 0 amide bonds. The van der Waals surface area contributed by atoms with Gasteiger partial charge in [0.15, 0.2) is 0 Å². The van der Waals surface area contributed by atoms with Gasteiger partial charge in [-0.1, -0.05) is 0 Å². The zero-order valence-electron chi connectivity index (χ0n) is 14.2. The average molecular weight is 377 g/mol. The van der Waals surface area contributed by atoms with E-state index in [-0.39, 0.29) is 11.5 Å². The maximum Gasteiger partial charge on any atom is 0.256 e. The highest BCUT2D eigenvalue weighted by Crippen LogP contribution is 2.32. The van der Waals surface area contributed by atoms with Crippen molar-refractivity contribution < 1.29 is 17.6 Å². The lowest BCUT2D eigenvalue weighted by atomic mass is 10.1. The van der Waals surface area contributed by atoms with Gasteiger partial charge in [0.05, 0.1) is 12.2 Å². The van der Waals surface area contributed by atoms with Crippen LogP contribution >= 0.6 is 0 Å². The molecular weight excluding hydrogens is 362 g/mol. The number of alkyl halides is 2. The number of nitrogens with zero attached hydrogens (tertiary/aromatic N) is 4. The number of rotatable bonds is 3. The summed E-state index contributed by atoms with van der Waals surface area (Å²) in [7, 11) is 0. The molecule has 2 aromatic rings. The molecule has 2 heterocycles. The van der Waals surface area contributed by atoms with Crippen LogP contribution in [0.25, 0.3) is 0 Å². The van der Waals surface area contributed by atoms with E-state index < -0.39 is 30.9 Å². The molecular formula is C18H15F4N5. The third kappa shape index (κ3) is 3.20. The van der Waals surface area contributed by atoms with E-state index >= 15 is 0 Å². The Kier molecular flexibility index (Phi) is 4.21. The lowest BCUT2D eigenvalue weighted by Gasteiger charge is -2.34. The number of hydrogen-bond acceptors (Lipinski definition) is 5. The van der Waals surface area contributed by atoms with Crippen molar-refractivity contribution in [3.63, 3.8) is 0 Å². The summed E-state index contributed by atoms with van der Waals surface area (Å²) < 4.78 is 54.5. The normalized spacial score (nSPS) is 17.5. The molecule has 2 aliphatic heterocycles. The van der Waals surface area contributed by atoms with Gasteiger partial charge in [-0.2, -0.15) is 5.10 Å². The van der Waals surface area contributed by atoms with E-state index in [4.69, 9.17) is 0 Å². The maximum atomic E-state index is 13.9. The van der Waals surface area contributed by atoms with E-state index in [1.807, 2.05) is 0 Å². The molecule has 140 valence electrons. The Morgan fingerprint density at radius 2 is 1.96 bits per heavy atom. The highest BCUT2D eigenvalue weighted by molar-refractivity contribution is 6.15. The maximum absolute atomic E-state index is 13.9. The predicted molar refractivity (Wildman–Crippen MR) is 95.3 cm³/mol. The molecule has 0 aliphatic carbocycles. The van der Waals surface area contributed by atoms with Gasteiger partial charge in [-0.3, -0.25) is 10.3 Å². The molecule has 1 atom stereocenters. The molecule has 5 nitrogen and oxygen atoms in total. The minimum absolute atomic E-state index is 0.119. The molecule has 0 bridgehead atoms. The molecule has 1 unspecified atom stereocenters. The van der Waals surface area contributed by atoms with Crippen molar-refractivity contribution in [1.29, 1.82) is 0 Å². The number of hydrazone groups is 1. The fourth-order valence-corrected chi connectivity index (χ4v) is 3.21. The molecule has 0 fully saturated rings. The first-order valence-corrected chi connectivity index (χ1v) is 8.20. The van der Waals surface area contributed by atoms with Gasteiger partial charge in [0.2, 0.25) is 6.29 Å². The fraction of sp³-hybridized carbons (Fsp3) is 0.222. The lowest BCUT2D eigenvalue weighted by Crippen LogP contribution is -2.46. The van der Waals surface area contributed by atoms with Crippen LogP contribution < -0.4 is 15.2 Å². The zero-order valence-corrected chi connectivity index (χ0v) is 14.2. The van der Waals surface area contributed by atoms with Crippen molar-refractivity contribution in [1.82, 2.24) is 5.43 Å². The van der Waals surface area contributed by atoms with E-state index in [1.54, 1.807) is 17.9 Å². The van der Waals surface area contributed by atoms with Crippen LogP contribution in [0.2, 0.25) is 0 Å². The summed E-state index contributed by atoms with van der Waals surface area (Å²) in [5, 5.41) is 3.93. The van der Waals surface area contributed by atoms with Crippen LogP contribution in [0.4, 0.5) is 28.9 Å². The van der Waals surface area contributed by atoms with E-state index in [2.05, 4.69) is 15.5 Å². The minimum Gasteiger partial charge on any atom is -0.320 e. The molecule has 0 saturated carbocycles. The summed E-state index contributed by atoms with van der Waals surface area (Å²) in [6.07, 6.45) is -1.86. The molecule has 2 aliphatic rings. The summed E-state index contributed by atoms with van der Waals surface area (Å²) in [4.78, 5) is 7.29. The van der Waals surface area contributed by atoms with E-state index in [9.17, 15) is 17.6 Å². The predicted octanol–water partition coefficient (Wildman–Crippen LogP) is 3.44. The first kappa shape index (κ1) is 17.3. The van der Waals surface area contributed by atoms with E-state index in [0.29, 0.717) is 16.8 Å². The Morgan fingerprint density at radius 3 is 2.70 bits per heavy atom. The Morgan fingerprint density at radius 1 is 1.15 bits per heavy atom. The van der Waals surface area contributed by atoms with Crippen molar-refractivity contribution in [2.75, 3.05) is 16.3 Å². The highest BCUT2D eigenvalue weighted by atomic mass is 19.3. The second-order valence-electron chi connectivity index (χ2n) is 6.26. The molecule has 27 heavy (non-hydrogen) atoms. The number of fused-ring (bicyclic) bond motifs is 3. The molecule has 4 rings (SSSR count). The van der Waals surface area contributed by atoms with Crippen LogP contribution in [0.1, 0.15) is 11.1 Å². The summed E-state index contributed by atoms with van der Waals surface area (Å²) in [5.41, 5.74) is 4.43. The van der Waals surface area contributed by atoms with Gasteiger partial charge in [-0.25, -0.2) is 22.6 Å². The van der Waals surface area contributed by atoms with Crippen molar-refractivity contribution in [3.8, 4) is 0 Å². The van der Waals surface area contributed by atoms with Crippen molar-refractivity contribution >= 4 is 23.5 Å². The number of amidine groups is 1. The number of nitrogens with one attached hydrogen (secondary N) is 1. The SMILES string of the molecule is Cc1cc(F)cc(N(CC(F)F)C2=NC3NN=CN3c3ccc(F)cc32)c1. The molecule has 0 spiro atoms. The molecule has 9 heteroatoms. The van der Waals surface area contributed by atoms with Gasteiger partial charge >= 0.3 is 0 Å². The molecule has 0 aromatic heterocycles. The molecule has 1 N–H and O–H groups in total. The number of halogens is 4. The highest BCUT2D eigenvalue weighted by Gasteiger charge is 2.33. The molecule has 2 aromatic carbocycles. The summed E-state index contributed by atoms with van der Waals surface area (Å²) >= 11 is 0. The number of anilines is 2. The number of benzene rings is 2. The number of aryl methyl sites for hydroxylation is 1. The Labute approximate surface area is 152 Å². The molecule has 0 radical (unpaired) electrons. The quantitative estimate of drug-likeness (QED) is 0.834. The van der Waals surface area contributed by atoms with Gasteiger partial charge in [-0.05, 0) is 48.9 Å². The van der Waals surface area contributed by atoms with Crippen LogP contribution in [0.5, 0.6) is 0 Å². The Bertz CT molecular complexity index is 923. The summed E-state index contributed by atoms with van der Waals surface area (Å²) in [6.45, 7) is 0.947. The van der Waals surface area contributed by atoms with Crippen molar-refractivity contribution in [3.05, 3.63) is 59.2 Å². The first-order chi connectivity index (χ1) is 12.9. The third-order valence-electron chi connectivity index (χ3n) is 4.27. The smallest absolute Gasteiger partial charge is 0.256 e. The second-order valence-corrected chi connectivity index (χ2v) is 6.26. The largest absolute Gasteiger partial charge is 0.320 e. The molecule has 0 saturated heterocycles. The average Bonchev–Trinajstić information content (AvgIpc) is 3.06. The van der Waals surface area contributed by atoms with Gasteiger partial charge in [0, 0.05) is 11.3 Å². The van der Waals surface area contributed by atoms with Gasteiger partial charge in [-0.15, -0.1) is 0 Å². The minimum atomic E-state index is -2.71. The zero-order chi connectivity index (χ0) is 19.1. The van der Waals surface area contributed by atoms with Crippen LogP contribution in [-0.4, -0.2) is 31.4 Å². The van der Waals surface area contributed by atoms with E-state index in [1.165, 1.54) is 35.5 Å². The van der Waals surface area contributed by atoms with Crippen LogP contribution in [0.15, 0.2) is 46.5 Å². The van der Waals surface area contributed by atoms with E-state index in [0.717, 1.165) is 6.07 Å². The van der Waals surface area contributed by atoms with Crippen molar-refractivity contribution in [2.45, 2.75) is 19.6 Å². The summed E-state index contributed by atoms with van der Waals surface area (Å²) in [5.74, 6) is -0.963. The topological polar surface area (TPSA) is 43.2 Å². The summed E-state index contributed by atoms with van der Waals surface area (Å²) in [6, 6.07) is 8.06. The second kappa shape index (κ2) is 6.57. The standard InChI is InChI=1S/C18H15F4N5/c1-10-4-12(20)6-13(5-10)26(8-16(21)22)17-14-7-11(19)2-3-15(14)27-9-23-25-18(27)24-17/h2-7,9,16,18,25H,8H2,1H3. The number of aliphatic imine (C=N–C) groups is 1.